The van der Waals surface area contributed by atoms with Crippen molar-refractivity contribution in [1.82, 2.24) is 5.32 Å². The molecule has 1 aliphatic carbocycles. The number of hydrogen-bond acceptors (Lipinski definition) is 2. The van der Waals surface area contributed by atoms with Crippen LogP contribution in [0.2, 0.25) is 0 Å². The molecule has 1 aliphatic rings. The fourth-order valence-corrected chi connectivity index (χ4v) is 2.38. The van der Waals surface area contributed by atoms with E-state index in [2.05, 4.69) is 19.2 Å². The Hall–Kier alpha value is 0.110. The highest BCUT2D eigenvalue weighted by molar-refractivity contribution is 7.84. The van der Waals surface area contributed by atoms with Crippen molar-refractivity contribution in [2.24, 2.45) is 5.92 Å². The lowest BCUT2D eigenvalue weighted by Crippen LogP contribution is -2.38. The maximum absolute atomic E-state index is 10.9. The van der Waals surface area contributed by atoms with Gasteiger partial charge in [0.25, 0.3) is 0 Å². The molecule has 1 N–H and O–H groups in total. The minimum Gasteiger partial charge on any atom is -0.311 e. The molecule has 12 heavy (non-hydrogen) atoms. The van der Waals surface area contributed by atoms with Crippen molar-refractivity contribution < 1.29 is 4.21 Å². The van der Waals surface area contributed by atoms with Crippen molar-refractivity contribution in [3.63, 3.8) is 0 Å². The van der Waals surface area contributed by atoms with Gasteiger partial charge in [0.2, 0.25) is 0 Å². The highest BCUT2D eigenvalue weighted by atomic mass is 32.2. The Bertz CT molecular complexity index is 168. The van der Waals surface area contributed by atoms with Crippen molar-refractivity contribution in [1.29, 1.82) is 0 Å². The van der Waals surface area contributed by atoms with Crippen molar-refractivity contribution in [3.8, 4) is 0 Å². The quantitative estimate of drug-likeness (QED) is 0.703. The minimum atomic E-state index is -0.667. The second-order valence-corrected chi connectivity index (χ2v) is 5.41. The summed E-state index contributed by atoms with van der Waals surface area (Å²) in [7, 11) is -0.667. The Morgan fingerprint density at radius 1 is 1.50 bits per heavy atom. The van der Waals surface area contributed by atoms with Crippen LogP contribution in [-0.4, -0.2) is 28.3 Å². The Morgan fingerprint density at radius 3 is 2.50 bits per heavy atom. The molecule has 0 spiro atoms. The molecule has 0 amide bonds. The molecule has 3 atom stereocenters. The molecule has 0 aliphatic heterocycles. The molecule has 0 aromatic rings. The summed E-state index contributed by atoms with van der Waals surface area (Å²) in [5.74, 6) is 1.66. The smallest absolute Gasteiger partial charge is 0.0383 e. The van der Waals surface area contributed by atoms with Crippen molar-refractivity contribution in [2.75, 3.05) is 12.0 Å². The largest absolute Gasteiger partial charge is 0.311 e. The van der Waals surface area contributed by atoms with Gasteiger partial charge in [-0.05, 0) is 32.6 Å². The van der Waals surface area contributed by atoms with Crippen LogP contribution in [0.5, 0.6) is 0 Å². The molecular formula is C9H19NOS. The summed E-state index contributed by atoms with van der Waals surface area (Å²) in [6, 6.07) is 1.01. The van der Waals surface area contributed by atoms with E-state index < -0.39 is 10.8 Å². The molecule has 1 rings (SSSR count). The summed E-state index contributed by atoms with van der Waals surface area (Å²) in [5.41, 5.74) is 0. The third-order valence-corrected chi connectivity index (χ3v) is 3.33. The van der Waals surface area contributed by atoms with E-state index in [1.165, 1.54) is 12.8 Å². The van der Waals surface area contributed by atoms with E-state index in [1.54, 1.807) is 6.26 Å². The summed E-state index contributed by atoms with van der Waals surface area (Å²) in [5, 5.41) is 3.48. The predicted octanol–water partition coefficient (Wildman–Crippen LogP) is 1.14. The van der Waals surface area contributed by atoms with Gasteiger partial charge in [-0.25, -0.2) is 0 Å². The standard InChI is InChI=1S/C9H19NOS/c1-7(6-12(3)11)10-8(2)9-4-5-9/h7-10H,4-6H2,1-3H3. The van der Waals surface area contributed by atoms with E-state index in [1.807, 2.05) is 0 Å². The Balaban J connectivity index is 2.15. The fraction of sp³-hybridized carbons (Fsp3) is 1.00. The molecule has 0 radical (unpaired) electrons. The summed E-state index contributed by atoms with van der Waals surface area (Å²) >= 11 is 0. The molecule has 2 nitrogen and oxygen atoms in total. The second-order valence-electron chi connectivity index (χ2n) is 3.93. The zero-order valence-corrected chi connectivity index (χ0v) is 8.99. The zero-order valence-electron chi connectivity index (χ0n) is 8.17. The molecule has 0 aromatic carbocycles. The average molecular weight is 189 g/mol. The van der Waals surface area contributed by atoms with Crippen LogP contribution in [0.25, 0.3) is 0 Å². The molecule has 3 unspecified atom stereocenters. The van der Waals surface area contributed by atoms with E-state index in [9.17, 15) is 4.21 Å². The molecule has 1 fully saturated rings. The Kier molecular flexibility index (Phi) is 3.72. The summed E-state index contributed by atoms with van der Waals surface area (Å²) in [6.07, 6.45) is 4.51. The summed E-state index contributed by atoms with van der Waals surface area (Å²) < 4.78 is 10.9. The number of rotatable bonds is 5. The first-order valence-corrected chi connectivity index (χ1v) is 6.38. The van der Waals surface area contributed by atoms with Gasteiger partial charge in [-0.15, -0.1) is 0 Å². The lowest BCUT2D eigenvalue weighted by molar-refractivity contribution is 0.452. The van der Waals surface area contributed by atoms with Crippen molar-refractivity contribution in [2.45, 2.75) is 38.8 Å². The Labute approximate surface area is 77.6 Å². The van der Waals surface area contributed by atoms with E-state index >= 15 is 0 Å². The second kappa shape index (κ2) is 4.38. The van der Waals surface area contributed by atoms with Gasteiger partial charge in [0, 0.05) is 34.9 Å². The molecule has 72 valence electrons. The highest BCUT2D eigenvalue weighted by Gasteiger charge is 2.28. The molecule has 3 heteroatoms. The van der Waals surface area contributed by atoms with Gasteiger partial charge in [-0.1, -0.05) is 0 Å². The van der Waals surface area contributed by atoms with E-state index in [-0.39, 0.29) is 0 Å². The van der Waals surface area contributed by atoms with E-state index in [4.69, 9.17) is 0 Å². The first-order valence-electron chi connectivity index (χ1n) is 4.65. The minimum absolute atomic E-state index is 0.395. The van der Waals surface area contributed by atoms with Gasteiger partial charge >= 0.3 is 0 Å². The van der Waals surface area contributed by atoms with Crippen molar-refractivity contribution in [3.05, 3.63) is 0 Å². The van der Waals surface area contributed by atoms with Crippen LogP contribution in [0.15, 0.2) is 0 Å². The number of hydrogen-bond donors (Lipinski definition) is 1. The maximum Gasteiger partial charge on any atom is 0.0383 e. The van der Waals surface area contributed by atoms with Gasteiger partial charge in [-0.2, -0.15) is 0 Å². The van der Waals surface area contributed by atoms with Crippen LogP contribution in [0.3, 0.4) is 0 Å². The van der Waals surface area contributed by atoms with Crippen molar-refractivity contribution >= 4 is 10.8 Å². The lowest BCUT2D eigenvalue weighted by atomic mass is 10.2. The van der Waals surface area contributed by atoms with Crippen LogP contribution in [0.4, 0.5) is 0 Å². The molecule has 0 aromatic heterocycles. The first kappa shape index (κ1) is 10.2. The third kappa shape index (κ3) is 3.68. The van der Waals surface area contributed by atoms with Gasteiger partial charge < -0.3 is 5.32 Å². The van der Waals surface area contributed by atoms with Gasteiger partial charge in [0.15, 0.2) is 0 Å². The first-order chi connectivity index (χ1) is 5.59. The Morgan fingerprint density at radius 2 is 2.08 bits per heavy atom. The predicted molar refractivity (Wildman–Crippen MR) is 53.7 cm³/mol. The SMILES string of the molecule is CC(CS(C)=O)NC(C)C1CC1. The molecule has 0 bridgehead atoms. The van der Waals surface area contributed by atoms with Crippen LogP contribution >= 0.6 is 0 Å². The van der Waals surface area contributed by atoms with E-state index in [0.717, 1.165) is 11.7 Å². The molecular weight excluding hydrogens is 170 g/mol. The zero-order chi connectivity index (χ0) is 9.14. The average Bonchev–Trinajstić information content (AvgIpc) is 2.63. The van der Waals surface area contributed by atoms with Crippen LogP contribution < -0.4 is 5.32 Å². The molecule has 0 heterocycles. The summed E-state index contributed by atoms with van der Waals surface area (Å²) in [6.45, 7) is 4.34. The van der Waals surface area contributed by atoms with Crippen LogP contribution in [0, 0.1) is 5.92 Å². The van der Waals surface area contributed by atoms with Crippen LogP contribution in [0.1, 0.15) is 26.7 Å². The van der Waals surface area contributed by atoms with Gasteiger partial charge in [-0.3, -0.25) is 4.21 Å². The molecule has 1 saturated carbocycles. The monoisotopic (exact) mass is 189 g/mol. The van der Waals surface area contributed by atoms with Gasteiger partial charge in [0.1, 0.15) is 0 Å². The highest BCUT2D eigenvalue weighted by Crippen LogP contribution is 2.32. The number of nitrogens with one attached hydrogen (secondary N) is 1. The normalized spacial score (nSPS) is 24.9. The van der Waals surface area contributed by atoms with Gasteiger partial charge in [0.05, 0.1) is 0 Å². The topological polar surface area (TPSA) is 29.1 Å². The van der Waals surface area contributed by atoms with E-state index in [0.29, 0.717) is 12.1 Å². The molecule has 0 saturated heterocycles. The van der Waals surface area contributed by atoms with Crippen LogP contribution in [-0.2, 0) is 10.8 Å². The lowest BCUT2D eigenvalue weighted by Gasteiger charge is -2.18. The maximum atomic E-state index is 10.9. The third-order valence-electron chi connectivity index (χ3n) is 2.36. The fourth-order valence-electron chi connectivity index (χ4n) is 1.58. The summed E-state index contributed by atoms with van der Waals surface area (Å²) in [4.78, 5) is 0.